The Hall–Kier alpha value is -2.85. The second-order valence-corrected chi connectivity index (χ2v) is 8.17. The number of aromatic nitrogens is 2. The lowest BCUT2D eigenvalue weighted by Gasteiger charge is -2.31. The first-order chi connectivity index (χ1) is 14.3. The van der Waals surface area contributed by atoms with E-state index in [9.17, 15) is 0 Å². The molecule has 0 saturated heterocycles. The van der Waals surface area contributed by atoms with E-state index in [1.165, 1.54) is 11.1 Å². The summed E-state index contributed by atoms with van der Waals surface area (Å²) in [4.78, 5) is 8.90. The van der Waals surface area contributed by atoms with Crippen LogP contribution in [0.4, 0.5) is 11.4 Å². The van der Waals surface area contributed by atoms with Gasteiger partial charge in [0.2, 0.25) is 0 Å². The van der Waals surface area contributed by atoms with Crippen LogP contribution in [-0.2, 0) is 0 Å². The number of fused-ring (bicyclic) bond motifs is 2. The molecule has 1 aliphatic carbocycles. The summed E-state index contributed by atoms with van der Waals surface area (Å²) in [5.74, 6) is 0. The molecule has 146 valence electrons. The third kappa shape index (κ3) is 3.85. The first-order valence-corrected chi connectivity index (χ1v) is 10.6. The Kier molecular flexibility index (Phi) is 4.94. The summed E-state index contributed by atoms with van der Waals surface area (Å²) in [5, 5.41) is 10.5. The van der Waals surface area contributed by atoms with Gasteiger partial charge in [-0.15, -0.1) is 0 Å². The maximum Gasteiger partial charge on any atom is 0.0737 e. The second-order valence-electron chi connectivity index (χ2n) is 7.73. The molecular weight excluding hydrogens is 380 g/mol. The minimum absolute atomic E-state index is 0.475. The number of hydrogen-bond acceptors (Lipinski definition) is 4. The highest BCUT2D eigenvalue weighted by Gasteiger charge is 2.22. The highest BCUT2D eigenvalue weighted by Crippen LogP contribution is 2.30. The normalized spacial score (nSPS) is 19.3. The first-order valence-electron chi connectivity index (χ1n) is 10.2. The fourth-order valence-corrected chi connectivity index (χ4v) is 4.46. The smallest absolute Gasteiger partial charge is 0.0737 e. The van der Waals surface area contributed by atoms with Crippen LogP contribution in [0.3, 0.4) is 0 Å². The van der Waals surface area contributed by atoms with Crippen molar-refractivity contribution in [3.8, 4) is 0 Å². The SMILES string of the molecule is Clc1ccc2c(NC3CCC(Nc4ccnc5ccccc45)CC3)ccnc2c1. The number of benzene rings is 2. The summed E-state index contributed by atoms with van der Waals surface area (Å²) >= 11 is 6.11. The number of rotatable bonds is 4. The van der Waals surface area contributed by atoms with Crippen molar-refractivity contribution in [3.63, 3.8) is 0 Å². The van der Waals surface area contributed by atoms with E-state index in [-0.39, 0.29) is 0 Å². The van der Waals surface area contributed by atoms with E-state index in [1.807, 2.05) is 30.6 Å². The second kappa shape index (κ2) is 7.88. The molecule has 29 heavy (non-hydrogen) atoms. The molecule has 1 aliphatic rings. The minimum atomic E-state index is 0.475. The molecule has 1 fully saturated rings. The molecule has 0 amide bonds. The fourth-order valence-electron chi connectivity index (χ4n) is 4.29. The predicted molar refractivity (Wildman–Crippen MR) is 122 cm³/mol. The zero-order valence-electron chi connectivity index (χ0n) is 16.1. The van der Waals surface area contributed by atoms with Crippen LogP contribution in [0.1, 0.15) is 25.7 Å². The lowest BCUT2D eigenvalue weighted by atomic mass is 9.90. The summed E-state index contributed by atoms with van der Waals surface area (Å²) in [5.41, 5.74) is 4.30. The maximum atomic E-state index is 6.11. The maximum absolute atomic E-state index is 6.11. The molecule has 2 N–H and O–H groups in total. The van der Waals surface area contributed by atoms with Gasteiger partial charge in [0, 0.05) is 51.6 Å². The van der Waals surface area contributed by atoms with Crippen molar-refractivity contribution >= 4 is 44.8 Å². The number of hydrogen-bond donors (Lipinski definition) is 2. The lowest BCUT2D eigenvalue weighted by molar-refractivity contribution is 0.429. The van der Waals surface area contributed by atoms with Gasteiger partial charge in [0.05, 0.1) is 11.0 Å². The van der Waals surface area contributed by atoms with E-state index < -0.39 is 0 Å². The van der Waals surface area contributed by atoms with Crippen molar-refractivity contribution in [2.24, 2.45) is 0 Å². The van der Waals surface area contributed by atoms with Crippen LogP contribution in [0.15, 0.2) is 67.0 Å². The van der Waals surface area contributed by atoms with Crippen LogP contribution < -0.4 is 10.6 Å². The van der Waals surface area contributed by atoms with Crippen LogP contribution in [0.5, 0.6) is 0 Å². The van der Waals surface area contributed by atoms with Gasteiger partial charge in [-0.3, -0.25) is 9.97 Å². The third-order valence-corrected chi connectivity index (χ3v) is 6.04. The van der Waals surface area contributed by atoms with Crippen molar-refractivity contribution in [1.29, 1.82) is 0 Å². The van der Waals surface area contributed by atoms with Crippen molar-refractivity contribution < 1.29 is 0 Å². The molecule has 0 aliphatic heterocycles. The van der Waals surface area contributed by atoms with Gasteiger partial charge in [0.1, 0.15) is 0 Å². The van der Waals surface area contributed by atoms with Crippen molar-refractivity contribution in [2.75, 3.05) is 10.6 Å². The third-order valence-electron chi connectivity index (χ3n) is 5.80. The number of halogens is 1. The van der Waals surface area contributed by atoms with E-state index >= 15 is 0 Å². The van der Waals surface area contributed by atoms with Crippen LogP contribution >= 0.6 is 11.6 Å². The predicted octanol–water partition coefficient (Wildman–Crippen LogP) is 6.27. The monoisotopic (exact) mass is 402 g/mol. The number of nitrogens with one attached hydrogen (secondary N) is 2. The van der Waals surface area contributed by atoms with Gasteiger partial charge < -0.3 is 10.6 Å². The van der Waals surface area contributed by atoms with E-state index in [0.717, 1.165) is 52.8 Å². The van der Waals surface area contributed by atoms with Crippen LogP contribution in [0, 0.1) is 0 Å². The minimum Gasteiger partial charge on any atom is -0.382 e. The molecular formula is C24H23ClN4. The molecule has 0 spiro atoms. The van der Waals surface area contributed by atoms with Crippen molar-refractivity contribution in [2.45, 2.75) is 37.8 Å². The van der Waals surface area contributed by atoms with Crippen molar-refractivity contribution in [3.05, 3.63) is 72.0 Å². The Morgan fingerprint density at radius 1 is 0.690 bits per heavy atom. The molecule has 0 atom stereocenters. The van der Waals surface area contributed by atoms with Crippen LogP contribution in [-0.4, -0.2) is 22.1 Å². The standard InChI is InChI=1S/C24H23ClN4/c25-16-5-10-20-23(12-14-27-24(20)15-16)29-18-8-6-17(7-9-18)28-22-11-13-26-21-4-2-1-3-19(21)22/h1-5,10-15,17-18H,6-9H2,(H,26,28)(H,27,29). The average molecular weight is 403 g/mol. The van der Waals surface area contributed by atoms with Gasteiger partial charge in [0.15, 0.2) is 0 Å². The molecule has 5 rings (SSSR count). The average Bonchev–Trinajstić information content (AvgIpc) is 2.75. The molecule has 2 aromatic heterocycles. The molecule has 4 aromatic rings. The molecule has 1 saturated carbocycles. The Bertz CT molecular complexity index is 1150. The van der Waals surface area contributed by atoms with E-state index in [1.54, 1.807) is 0 Å². The lowest BCUT2D eigenvalue weighted by Crippen LogP contribution is -2.32. The van der Waals surface area contributed by atoms with Gasteiger partial charge in [-0.25, -0.2) is 0 Å². The zero-order valence-corrected chi connectivity index (χ0v) is 16.9. The summed E-state index contributed by atoms with van der Waals surface area (Å²) < 4.78 is 0. The van der Waals surface area contributed by atoms with E-state index in [2.05, 4.69) is 57.0 Å². The quantitative estimate of drug-likeness (QED) is 0.422. The number of para-hydroxylation sites is 1. The van der Waals surface area contributed by atoms with Gasteiger partial charge in [-0.05, 0) is 62.1 Å². The summed E-state index contributed by atoms with van der Waals surface area (Å²) in [6, 6.07) is 19.3. The van der Waals surface area contributed by atoms with Gasteiger partial charge >= 0.3 is 0 Å². The largest absolute Gasteiger partial charge is 0.382 e. The van der Waals surface area contributed by atoms with Crippen LogP contribution in [0.25, 0.3) is 21.8 Å². The highest BCUT2D eigenvalue weighted by molar-refractivity contribution is 6.31. The first kappa shape index (κ1) is 18.2. The molecule has 2 heterocycles. The number of nitrogens with zero attached hydrogens (tertiary/aromatic N) is 2. The van der Waals surface area contributed by atoms with Gasteiger partial charge in [-0.1, -0.05) is 29.8 Å². The highest BCUT2D eigenvalue weighted by atomic mass is 35.5. The number of anilines is 2. The van der Waals surface area contributed by atoms with Gasteiger partial charge in [0.25, 0.3) is 0 Å². The van der Waals surface area contributed by atoms with Crippen LogP contribution in [0.2, 0.25) is 5.02 Å². The molecule has 4 nitrogen and oxygen atoms in total. The summed E-state index contributed by atoms with van der Waals surface area (Å²) in [7, 11) is 0. The Morgan fingerprint density at radius 3 is 1.97 bits per heavy atom. The Balaban J connectivity index is 1.25. The van der Waals surface area contributed by atoms with Gasteiger partial charge in [-0.2, -0.15) is 0 Å². The molecule has 0 unspecified atom stereocenters. The Labute approximate surface area is 175 Å². The summed E-state index contributed by atoms with van der Waals surface area (Å²) in [6.07, 6.45) is 8.30. The number of pyridine rings is 2. The molecule has 0 bridgehead atoms. The zero-order chi connectivity index (χ0) is 19.6. The molecule has 2 aromatic carbocycles. The molecule has 5 heteroatoms. The summed E-state index contributed by atoms with van der Waals surface area (Å²) in [6.45, 7) is 0. The topological polar surface area (TPSA) is 49.8 Å². The van der Waals surface area contributed by atoms with E-state index in [0.29, 0.717) is 12.1 Å². The van der Waals surface area contributed by atoms with E-state index in [4.69, 9.17) is 11.6 Å². The van der Waals surface area contributed by atoms with Crippen molar-refractivity contribution in [1.82, 2.24) is 9.97 Å². The molecule has 0 radical (unpaired) electrons. The fraction of sp³-hybridized carbons (Fsp3) is 0.250. The Morgan fingerprint density at radius 2 is 1.28 bits per heavy atom.